The Balaban J connectivity index is 2.45. The number of primary amides is 1. The van der Waals surface area contributed by atoms with Crippen LogP contribution in [0.25, 0.3) is 0 Å². The Bertz CT molecular complexity index is 620. The van der Waals surface area contributed by atoms with E-state index in [2.05, 4.69) is 5.32 Å². The Morgan fingerprint density at radius 3 is 2.63 bits per heavy atom. The van der Waals surface area contributed by atoms with E-state index in [4.69, 9.17) is 11.5 Å². The number of nitrogens with one attached hydrogen (secondary N) is 1. The molecule has 98 valence electrons. The Kier molecular flexibility index (Phi) is 3.37. The summed E-state index contributed by atoms with van der Waals surface area (Å²) in [6.45, 7) is 1.78. The number of halogens is 1. The van der Waals surface area contributed by atoms with E-state index in [-0.39, 0.29) is 11.4 Å². The van der Waals surface area contributed by atoms with Gasteiger partial charge in [0.2, 0.25) is 0 Å². The summed E-state index contributed by atoms with van der Waals surface area (Å²) in [6.07, 6.45) is 0. The number of aryl methyl sites for hydroxylation is 1. The minimum atomic E-state index is -0.595. The molecule has 2 aromatic carbocycles. The number of amides is 1. The number of hydrogen-bond acceptors (Lipinski definition) is 3. The molecule has 0 fully saturated rings. The highest BCUT2D eigenvalue weighted by Crippen LogP contribution is 2.27. The van der Waals surface area contributed by atoms with Crippen molar-refractivity contribution in [1.82, 2.24) is 0 Å². The second kappa shape index (κ2) is 4.97. The number of rotatable bonds is 3. The van der Waals surface area contributed by atoms with E-state index in [9.17, 15) is 9.18 Å². The zero-order valence-electron chi connectivity index (χ0n) is 10.4. The van der Waals surface area contributed by atoms with Gasteiger partial charge in [-0.2, -0.15) is 0 Å². The highest BCUT2D eigenvalue weighted by Gasteiger charge is 2.11. The fraction of sp³-hybridized carbons (Fsp3) is 0.0714. The van der Waals surface area contributed by atoms with E-state index in [1.54, 1.807) is 31.2 Å². The van der Waals surface area contributed by atoms with Crippen molar-refractivity contribution in [3.8, 4) is 0 Å². The predicted octanol–water partition coefficient (Wildman–Crippen LogP) is 2.56. The van der Waals surface area contributed by atoms with E-state index >= 15 is 0 Å². The van der Waals surface area contributed by atoms with Gasteiger partial charge in [-0.1, -0.05) is 6.07 Å². The van der Waals surface area contributed by atoms with Gasteiger partial charge in [0.15, 0.2) is 0 Å². The second-order valence-corrected chi connectivity index (χ2v) is 4.28. The minimum absolute atomic E-state index is 0.266. The maximum Gasteiger partial charge on any atom is 0.250 e. The molecule has 0 bridgehead atoms. The molecule has 0 aromatic heterocycles. The van der Waals surface area contributed by atoms with Crippen LogP contribution in [0.5, 0.6) is 0 Å². The maximum atomic E-state index is 13.3. The van der Waals surface area contributed by atoms with Gasteiger partial charge in [-0.05, 0) is 42.8 Å². The quantitative estimate of drug-likeness (QED) is 0.741. The van der Waals surface area contributed by atoms with Crippen molar-refractivity contribution < 1.29 is 9.18 Å². The fourth-order valence-electron chi connectivity index (χ4n) is 1.87. The molecular weight excluding hydrogens is 245 g/mol. The Morgan fingerprint density at radius 1 is 1.26 bits per heavy atom. The van der Waals surface area contributed by atoms with Gasteiger partial charge in [0.1, 0.15) is 5.82 Å². The van der Waals surface area contributed by atoms with Crippen molar-refractivity contribution in [1.29, 1.82) is 0 Å². The van der Waals surface area contributed by atoms with Crippen LogP contribution in [0.15, 0.2) is 36.4 Å². The molecule has 2 rings (SSSR count). The minimum Gasteiger partial charge on any atom is -0.397 e. The van der Waals surface area contributed by atoms with E-state index in [0.29, 0.717) is 17.1 Å². The number of hydrogen-bond donors (Lipinski definition) is 3. The van der Waals surface area contributed by atoms with Gasteiger partial charge in [-0.25, -0.2) is 4.39 Å². The third-order valence-electron chi connectivity index (χ3n) is 2.67. The van der Waals surface area contributed by atoms with Crippen LogP contribution in [0.1, 0.15) is 15.9 Å². The van der Waals surface area contributed by atoms with Gasteiger partial charge < -0.3 is 16.8 Å². The molecule has 0 aliphatic heterocycles. The summed E-state index contributed by atoms with van der Waals surface area (Å²) in [6, 6.07) is 9.32. The van der Waals surface area contributed by atoms with Crippen LogP contribution < -0.4 is 16.8 Å². The van der Waals surface area contributed by atoms with Crippen LogP contribution in [-0.4, -0.2) is 5.91 Å². The van der Waals surface area contributed by atoms with Gasteiger partial charge in [-0.3, -0.25) is 4.79 Å². The van der Waals surface area contributed by atoms with Crippen molar-refractivity contribution in [2.75, 3.05) is 11.1 Å². The van der Waals surface area contributed by atoms with Crippen LogP contribution in [0, 0.1) is 12.7 Å². The number of benzene rings is 2. The van der Waals surface area contributed by atoms with Crippen LogP contribution >= 0.6 is 0 Å². The molecule has 0 radical (unpaired) electrons. The molecule has 5 heteroatoms. The zero-order valence-corrected chi connectivity index (χ0v) is 10.4. The molecule has 0 saturated carbocycles. The highest BCUT2D eigenvalue weighted by atomic mass is 19.1. The lowest BCUT2D eigenvalue weighted by atomic mass is 10.1. The lowest BCUT2D eigenvalue weighted by molar-refractivity contribution is 0.100. The highest BCUT2D eigenvalue weighted by molar-refractivity contribution is 6.02. The summed E-state index contributed by atoms with van der Waals surface area (Å²) in [7, 11) is 0. The molecule has 19 heavy (non-hydrogen) atoms. The SMILES string of the molecule is Cc1cc(F)cc(Nc2c(N)cccc2C(N)=O)c1. The molecule has 0 spiro atoms. The molecule has 2 aromatic rings. The molecule has 0 unspecified atom stereocenters. The predicted molar refractivity (Wildman–Crippen MR) is 73.8 cm³/mol. The number of nitrogen functional groups attached to an aromatic ring is 1. The average Bonchev–Trinajstić information content (AvgIpc) is 2.30. The molecule has 1 amide bonds. The van der Waals surface area contributed by atoms with Crippen LogP contribution in [0.4, 0.5) is 21.5 Å². The van der Waals surface area contributed by atoms with E-state index < -0.39 is 5.91 Å². The van der Waals surface area contributed by atoms with Crippen molar-refractivity contribution in [2.45, 2.75) is 6.92 Å². The molecule has 0 aliphatic carbocycles. The summed E-state index contributed by atoms with van der Waals surface area (Å²) in [4.78, 5) is 11.4. The summed E-state index contributed by atoms with van der Waals surface area (Å²) in [5, 5.41) is 2.94. The molecule has 0 atom stereocenters. The molecule has 0 saturated heterocycles. The van der Waals surface area contributed by atoms with E-state index in [1.165, 1.54) is 12.1 Å². The van der Waals surface area contributed by atoms with Crippen LogP contribution in [0.3, 0.4) is 0 Å². The molecule has 4 nitrogen and oxygen atoms in total. The molecule has 5 N–H and O–H groups in total. The summed E-state index contributed by atoms with van der Waals surface area (Å²) in [5.74, 6) is -0.958. The number of carbonyl (C=O) groups excluding carboxylic acids is 1. The van der Waals surface area contributed by atoms with Crippen molar-refractivity contribution in [3.05, 3.63) is 53.3 Å². The molecular formula is C14H14FN3O. The topological polar surface area (TPSA) is 81.1 Å². The second-order valence-electron chi connectivity index (χ2n) is 4.28. The summed E-state index contributed by atoms with van der Waals surface area (Å²) in [5.41, 5.74) is 13.4. The van der Waals surface area contributed by atoms with Gasteiger partial charge in [-0.15, -0.1) is 0 Å². The van der Waals surface area contributed by atoms with Crippen molar-refractivity contribution in [2.24, 2.45) is 5.73 Å². The number of para-hydroxylation sites is 1. The Hall–Kier alpha value is -2.56. The lowest BCUT2D eigenvalue weighted by Crippen LogP contribution is -2.14. The largest absolute Gasteiger partial charge is 0.397 e. The fourth-order valence-corrected chi connectivity index (χ4v) is 1.87. The monoisotopic (exact) mass is 259 g/mol. The first kappa shape index (κ1) is 12.9. The van der Waals surface area contributed by atoms with Crippen LogP contribution in [0.2, 0.25) is 0 Å². The van der Waals surface area contributed by atoms with E-state index in [0.717, 1.165) is 5.56 Å². The number of anilines is 3. The summed E-state index contributed by atoms with van der Waals surface area (Å²) >= 11 is 0. The van der Waals surface area contributed by atoms with Crippen molar-refractivity contribution in [3.63, 3.8) is 0 Å². The van der Waals surface area contributed by atoms with Crippen LogP contribution in [-0.2, 0) is 0 Å². The smallest absolute Gasteiger partial charge is 0.250 e. The first-order chi connectivity index (χ1) is 8.97. The van der Waals surface area contributed by atoms with E-state index in [1.807, 2.05) is 0 Å². The molecule has 0 heterocycles. The third-order valence-corrected chi connectivity index (χ3v) is 2.67. The number of carbonyl (C=O) groups is 1. The first-order valence-corrected chi connectivity index (χ1v) is 5.70. The summed E-state index contributed by atoms with van der Waals surface area (Å²) < 4.78 is 13.3. The Morgan fingerprint density at radius 2 is 2.00 bits per heavy atom. The number of nitrogens with two attached hydrogens (primary N) is 2. The normalized spacial score (nSPS) is 10.2. The lowest BCUT2D eigenvalue weighted by Gasteiger charge is -2.13. The standard InChI is InChI=1S/C14H14FN3O/c1-8-5-9(15)7-10(6-8)18-13-11(14(17)19)3-2-4-12(13)16/h2-7,18H,16H2,1H3,(H2,17,19). The average molecular weight is 259 g/mol. The zero-order chi connectivity index (χ0) is 14.0. The van der Waals surface area contributed by atoms with Gasteiger partial charge >= 0.3 is 0 Å². The van der Waals surface area contributed by atoms with Crippen molar-refractivity contribution >= 4 is 23.0 Å². The third kappa shape index (κ3) is 2.82. The Labute approximate surface area is 110 Å². The maximum absolute atomic E-state index is 13.3. The first-order valence-electron chi connectivity index (χ1n) is 5.70. The van der Waals surface area contributed by atoms with Gasteiger partial charge in [0, 0.05) is 5.69 Å². The molecule has 0 aliphatic rings. The van der Waals surface area contributed by atoms with Gasteiger partial charge in [0.05, 0.1) is 16.9 Å². The van der Waals surface area contributed by atoms with Gasteiger partial charge in [0.25, 0.3) is 5.91 Å².